The summed E-state index contributed by atoms with van der Waals surface area (Å²) < 4.78 is 6.45. The Kier molecular flexibility index (Phi) is 8.05. The summed E-state index contributed by atoms with van der Waals surface area (Å²) in [6.45, 7) is 9.96. The molecule has 7 heteroatoms. The second kappa shape index (κ2) is 10.3. The number of carbonyl (C=O) groups is 2. The Hall–Kier alpha value is -3.06. The van der Waals surface area contributed by atoms with E-state index in [0.717, 1.165) is 54.8 Å². The quantitative estimate of drug-likeness (QED) is 0.425. The van der Waals surface area contributed by atoms with E-state index in [-0.39, 0.29) is 5.60 Å². The first kappa shape index (κ1) is 24.2. The molecule has 168 valence electrons. The number of aromatic hydroxyl groups is 1. The minimum atomic E-state index is -1.82. The molecule has 0 fully saturated rings. The average Bonchev–Trinajstić information content (AvgIpc) is 2.75. The van der Waals surface area contributed by atoms with Gasteiger partial charge < -0.3 is 25.4 Å². The Bertz CT molecular complexity index is 929. The number of phenolic OH excluding ortho intramolecular Hbond substituents is 1. The van der Waals surface area contributed by atoms with Gasteiger partial charge in [-0.25, -0.2) is 9.59 Å². The molecule has 1 atom stereocenters. The van der Waals surface area contributed by atoms with E-state index < -0.39 is 11.9 Å². The molecule has 0 spiro atoms. The fraction of sp³-hybridized carbons (Fsp3) is 0.417. The van der Waals surface area contributed by atoms with E-state index in [0.29, 0.717) is 5.75 Å². The SMILES string of the molecule is Cc1c(C)c2c(c(C)c1O)CCC(C)(CNCCc1ccccc1)O2.O=C(O)C(=O)O. The fourth-order valence-corrected chi connectivity index (χ4v) is 3.65. The standard InChI is InChI=1S/C22H29NO2.C2H2O4/c1-15-16(2)21-19(17(3)20(15)24)10-12-22(4,25-21)14-23-13-11-18-8-6-5-7-9-18;3-1(4)2(5)6/h5-9,23-24H,10-14H2,1-4H3;(H,3,4)(H,5,6). The topological polar surface area (TPSA) is 116 Å². The molecule has 0 radical (unpaired) electrons. The normalized spacial score (nSPS) is 17.0. The lowest BCUT2D eigenvalue weighted by molar-refractivity contribution is -0.159. The molecule has 3 rings (SSSR count). The summed E-state index contributed by atoms with van der Waals surface area (Å²) in [5, 5.41) is 28.6. The Labute approximate surface area is 182 Å². The fourth-order valence-electron chi connectivity index (χ4n) is 3.65. The predicted molar refractivity (Wildman–Crippen MR) is 118 cm³/mol. The van der Waals surface area contributed by atoms with Crippen molar-refractivity contribution in [2.24, 2.45) is 0 Å². The zero-order valence-corrected chi connectivity index (χ0v) is 18.5. The number of carboxylic acids is 2. The van der Waals surface area contributed by atoms with E-state index in [1.807, 2.05) is 20.8 Å². The van der Waals surface area contributed by atoms with Crippen LogP contribution in [0.5, 0.6) is 11.5 Å². The molecule has 4 N–H and O–H groups in total. The molecule has 1 unspecified atom stereocenters. The lowest BCUT2D eigenvalue weighted by Gasteiger charge is -2.38. The number of carboxylic acid groups (broad SMARTS) is 2. The number of ether oxygens (including phenoxy) is 1. The molecule has 0 aromatic heterocycles. The van der Waals surface area contributed by atoms with Crippen LogP contribution in [0.4, 0.5) is 0 Å². The molecule has 1 heterocycles. The molecule has 1 aliphatic heterocycles. The first-order valence-corrected chi connectivity index (χ1v) is 10.3. The van der Waals surface area contributed by atoms with Gasteiger partial charge in [-0.05, 0) is 75.8 Å². The van der Waals surface area contributed by atoms with Gasteiger partial charge >= 0.3 is 11.9 Å². The number of nitrogens with one attached hydrogen (secondary N) is 1. The first-order valence-electron chi connectivity index (χ1n) is 10.3. The van der Waals surface area contributed by atoms with Crippen molar-refractivity contribution in [2.45, 2.75) is 52.6 Å². The molecule has 7 nitrogen and oxygen atoms in total. The van der Waals surface area contributed by atoms with Crippen LogP contribution in [0.15, 0.2) is 30.3 Å². The third-order valence-electron chi connectivity index (χ3n) is 5.71. The van der Waals surface area contributed by atoms with Crippen LogP contribution in [0.1, 0.15) is 41.2 Å². The van der Waals surface area contributed by atoms with Gasteiger partial charge in [-0.2, -0.15) is 0 Å². The number of aliphatic carboxylic acids is 2. The summed E-state index contributed by atoms with van der Waals surface area (Å²) >= 11 is 0. The van der Waals surface area contributed by atoms with Crippen molar-refractivity contribution < 1.29 is 29.6 Å². The third kappa shape index (κ3) is 6.21. The Morgan fingerprint density at radius 3 is 2.23 bits per heavy atom. The van der Waals surface area contributed by atoms with Crippen molar-refractivity contribution in [1.29, 1.82) is 0 Å². The van der Waals surface area contributed by atoms with Crippen molar-refractivity contribution in [3.05, 3.63) is 58.1 Å². The van der Waals surface area contributed by atoms with Gasteiger partial charge in [0.15, 0.2) is 0 Å². The Balaban J connectivity index is 0.000000501. The van der Waals surface area contributed by atoms with Gasteiger partial charge in [0, 0.05) is 12.1 Å². The van der Waals surface area contributed by atoms with Crippen molar-refractivity contribution in [3.63, 3.8) is 0 Å². The monoisotopic (exact) mass is 429 g/mol. The van der Waals surface area contributed by atoms with Crippen LogP contribution in [0.2, 0.25) is 0 Å². The maximum absolute atomic E-state index is 10.3. The van der Waals surface area contributed by atoms with Crippen LogP contribution < -0.4 is 10.1 Å². The van der Waals surface area contributed by atoms with Gasteiger partial charge in [0.05, 0.1) is 0 Å². The maximum Gasteiger partial charge on any atom is 0.414 e. The van der Waals surface area contributed by atoms with Gasteiger partial charge in [-0.1, -0.05) is 30.3 Å². The number of hydrogen-bond donors (Lipinski definition) is 4. The molecular formula is C24H31NO6. The smallest absolute Gasteiger partial charge is 0.414 e. The molecule has 0 aliphatic carbocycles. The molecule has 0 amide bonds. The van der Waals surface area contributed by atoms with E-state index in [2.05, 4.69) is 42.6 Å². The molecule has 2 aromatic carbocycles. The van der Waals surface area contributed by atoms with Gasteiger partial charge in [0.1, 0.15) is 17.1 Å². The summed E-state index contributed by atoms with van der Waals surface area (Å²) in [5.74, 6) is -2.25. The van der Waals surface area contributed by atoms with Crippen LogP contribution in [-0.4, -0.2) is 45.9 Å². The van der Waals surface area contributed by atoms with E-state index in [9.17, 15) is 5.11 Å². The van der Waals surface area contributed by atoms with Gasteiger partial charge in [-0.15, -0.1) is 0 Å². The minimum Gasteiger partial charge on any atom is -0.507 e. The molecule has 2 aromatic rings. The van der Waals surface area contributed by atoms with Crippen molar-refractivity contribution in [2.75, 3.05) is 13.1 Å². The number of hydrogen-bond acceptors (Lipinski definition) is 5. The number of rotatable bonds is 5. The predicted octanol–water partition coefficient (Wildman–Crippen LogP) is 3.39. The minimum absolute atomic E-state index is 0.204. The van der Waals surface area contributed by atoms with Crippen molar-refractivity contribution in [3.8, 4) is 11.5 Å². The summed E-state index contributed by atoms with van der Waals surface area (Å²) in [6.07, 6.45) is 2.94. The summed E-state index contributed by atoms with van der Waals surface area (Å²) in [7, 11) is 0. The summed E-state index contributed by atoms with van der Waals surface area (Å²) in [6, 6.07) is 10.5. The molecular weight excluding hydrogens is 398 g/mol. The van der Waals surface area contributed by atoms with Crippen molar-refractivity contribution >= 4 is 11.9 Å². The average molecular weight is 430 g/mol. The van der Waals surface area contributed by atoms with E-state index in [1.54, 1.807) is 0 Å². The highest BCUT2D eigenvalue weighted by Gasteiger charge is 2.34. The first-order chi connectivity index (χ1) is 14.6. The second-order valence-electron chi connectivity index (χ2n) is 8.11. The van der Waals surface area contributed by atoms with Gasteiger partial charge in [-0.3, -0.25) is 0 Å². The summed E-state index contributed by atoms with van der Waals surface area (Å²) in [4.78, 5) is 18.2. The maximum atomic E-state index is 10.3. The number of benzene rings is 2. The van der Waals surface area contributed by atoms with Crippen LogP contribution in [0, 0.1) is 20.8 Å². The molecule has 0 bridgehead atoms. The number of phenols is 1. The summed E-state index contributed by atoms with van der Waals surface area (Å²) in [5.41, 5.74) is 5.28. The largest absolute Gasteiger partial charge is 0.507 e. The highest BCUT2D eigenvalue weighted by molar-refractivity contribution is 6.27. The van der Waals surface area contributed by atoms with E-state index in [1.165, 1.54) is 11.1 Å². The molecule has 31 heavy (non-hydrogen) atoms. The zero-order valence-electron chi connectivity index (χ0n) is 18.5. The molecule has 1 aliphatic rings. The highest BCUT2D eigenvalue weighted by atomic mass is 16.5. The van der Waals surface area contributed by atoms with Gasteiger partial charge in [0.2, 0.25) is 0 Å². The lowest BCUT2D eigenvalue weighted by Crippen LogP contribution is -2.46. The number of fused-ring (bicyclic) bond motifs is 1. The zero-order chi connectivity index (χ0) is 23.2. The van der Waals surface area contributed by atoms with E-state index >= 15 is 0 Å². The molecule has 0 saturated heterocycles. The Morgan fingerprint density at radius 1 is 1.03 bits per heavy atom. The lowest BCUT2D eigenvalue weighted by atomic mass is 9.87. The Morgan fingerprint density at radius 2 is 1.65 bits per heavy atom. The van der Waals surface area contributed by atoms with E-state index in [4.69, 9.17) is 24.5 Å². The third-order valence-corrected chi connectivity index (χ3v) is 5.71. The van der Waals surface area contributed by atoms with Crippen LogP contribution in [0.25, 0.3) is 0 Å². The van der Waals surface area contributed by atoms with Crippen LogP contribution >= 0.6 is 0 Å². The van der Waals surface area contributed by atoms with Gasteiger partial charge in [0.25, 0.3) is 0 Å². The highest BCUT2D eigenvalue weighted by Crippen LogP contribution is 2.43. The van der Waals surface area contributed by atoms with Crippen LogP contribution in [-0.2, 0) is 22.4 Å². The van der Waals surface area contributed by atoms with Crippen molar-refractivity contribution in [1.82, 2.24) is 5.32 Å². The van der Waals surface area contributed by atoms with Crippen LogP contribution in [0.3, 0.4) is 0 Å². The molecule has 0 saturated carbocycles. The second-order valence-corrected chi connectivity index (χ2v) is 8.11.